The van der Waals surface area contributed by atoms with Crippen molar-refractivity contribution in [1.29, 1.82) is 0 Å². The fourth-order valence-corrected chi connectivity index (χ4v) is 4.57. The smallest absolute Gasteiger partial charge is 0.225 e. The van der Waals surface area contributed by atoms with Gasteiger partial charge in [0.1, 0.15) is 0 Å². The van der Waals surface area contributed by atoms with E-state index in [4.69, 9.17) is 0 Å². The highest BCUT2D eigenvalue weighted by Crippen LogP contribution is 2.27. The van der Waals surface area contributed by atoms with Gasteiger partial charge >= 0.3 is 0 Å². The lowest BCUT2D eigenvalue weighted by molar-refractivity contribution is -0.125. The van der Waals surface area contributed by atoms with Gasteiger partial charge in [-0.25, -0.2) is 9.97 Å². The first-order valence-corrected chi connectivity index (χ1v) is 11.5. The zero-order valence-electron chi connectivity index (χ0n) is 19.0. The first-order valence-electron chi connectivity index (χ1n) is 11.5. The summed E-state index contributed by atoms with van der Waals surface area (Å²) in [6.07, 6.45) is 2.56. The van der Waals surface area contributed by atoms with Crippen molar-refractivity contribution in [2.24, 2.45) is 5.92 Å². The van der Waals surface area contributed by atoms with Gasteiger partial charge in [0.15, 0.2) is 0 Å². The van der Waals surface area contributed by atoms with E-state index in [2.05, 4.69) is 68.7 Å². The van der Waals surface area contributed by atoms with E-state index in [0.29, 0.717) is 6.54 Å². The lowest BCUT2D eigenvalue weighted by Gasteiger charge is -2.31. The van der Waals surface area contributed by atoms with Crippen molar-refractivity contribution in [2.75, 3.05) is 24.5 Å². The number of nitrogens with zero attached hydrogens (tertiary/aromatic N) is 3. The normalized spacial score (nSPS) is 14.5. The number of aryl methyl sites for hydroxylation is 2. The van der Waals surface area contributed by atoms with Crippen LogP contribution >= 0.6 is 0 Å². The van der Waals surface area contributed by atoms with Crippen molar-refractivity contribution in [3.8, 4) is 0 Å². The van der Waals surface area contributed by atoms with Gasteiger partial charge in [-0.15, -0.1) is 0 Å². The maximum absolute atomic E-state index is 12.8. The second-order valence-corrected chi connectivity index (χ2v) is 8.67. The van der Waals surface area contributed by atoms with E-state index in [1.807, 2.05) is 32.0 Å². The summed E-state index contributed by atoms with van der Waals surface area (Å²) in [5, 5.41) is 3.21. The lowest BCUT2D eigenvalue weighted by Crippen LogP contribution is -2.41. The van der Waals surface area contributed by atoms with Gasteiger partial charge in [0, 0.05) is 42.9 Å². The summed E-state index contributed by atoms with van der Waals surface area (Å²) in [4.78, 5) is 24.2. The molecule has 0 spiro atoms. The van der Waals surface area contributed by atoms with Crippen molar-refractivity contribution >= 4 is 11.9 Å². The van der Waals surface area contributed by atoms with Crippen LogP contribution in [0, 0.1) is 19.8 Å². The first-order chi connectivity index (χ1) is 15.6. The molecule has 3 aromatic rings. The Hall–Kier alpha value is -3.21. The van der Waals surface area contributed by atoms with Crippen LogP contribution in [0.25, 0.3) is 0 Å². The molecule has 0 radical (unpaired) electrons. The third-order valence-electron chi connectivity index (χ3n) is 6.26. The van der Waals surface area contributed by atoms with E-state index in [-0.39, 0.29) is 17.7 Å². The third kappa shape index (κ3) is 5.52. The van der Waals surface area contributed by atoms with Crippen molar-refractivity contribution in [3.05, 3.63) is 89.2 Å². The molecule has 32 heavy (non-hydrogen) atoms. The maximum atomic E-state index is 12.8. The predicted octanol–water partition coefficient (Wildman–Crippen LogP) is 4.65. The highest BCUT2D eigenvalue weighted by molar-refractivity contribution is 5.78. The molecular formula is C27H32N4O. The number of carbonyl (C=O) groups excluding carboxylic acids is 1. The highest BCUT2D eigenvalue weighted by atomic mass is 16.1. The molecule has 1 saturated heterocycles. The van der Waals surface area contributed by atoms with Crippen LogP contribution in [-0.2, 0) is 4.79 Å². The number of anilines is 1. The molecule has 1 amide bonds. The lowest BCUT2D eigenvalue weighted by atomic mass is 9.88. The average molecular weight is 429 g/mol. The third-order valence-corrected chi connectivity index (χ3v) is 6.26. The Kier molecular flexibility index (Phi) is 7.15. The zero-order chi connectivity index (χ0) is 22.3. The molecule has 2 aromatic carbocycles. The van der Waals surface area contributed by atoms with Crippen LogP contribution in [0.4, 0.5) is 5.95 Å². The summed E-state index contributed by atoms with van der Waals surface area (Å²) in [7, 11) is 0. The number of piperidine rings is 1. The largest absolute Gasteiger partial charge is 0.356 e. The number of benzene rings is 2. The SMILES string of the molecule is Cc1cc(C)nc(N2CCC(C(=O)NCCC(c3ccccc3)c3ccccc3)CC2)n1. The molecule has 0 unspecified atom stereocenters. The number of nitrogens with one attached hydrogen (secondary N) is 1. The Bertz CT molecular complexity index is 955. The van der Waals surface area contributed by atoms with E-state index < -0.39 is 0 Å². The van der Waals surface area contributed by atoms with Gasteiger partial charge in [0.25, 0.3) is 0 Å². The summed E-state index contributed by atoms with van der Waals surface area (Å²) in [5.41, 5.74) is 4.54. The van der Waals surface area contributed by atoms with Gasteiger partial charge in [0.05, 0.1) is 0 Å². The summed E-state index contributed by atoms with van der Waals surface area (Å²) in [6.45, 7) is 6.30. The van der Waals surface area contributed by atoms with Crippen molar-refractivity contribution in [2.45, 2.75) is 39.0 Å². The van der Waals surface area contributed by atoms with Crippen LogP contribution in [-0.4, -0.2) is 35.5 Å². The number of amides is 1. The number of aromatic nitrogens is 2. The molecule has 2 heterocycles. The molecule has 5 nitrogen and oxygen atoms in total. The topological polar surface area (TPSA) is 58.1 Å². The number of hydrogen-bond acceptors (Lipinski definition) is 4. The molecule has 4 rings (SSSR count). The molecule has 1 aliphatic heterocycles. The Morgan fingerprint density at radius 2 is 1.47 bits per heavy atom. The molecule has 1 N–H and O–H groups in total. The minimum absolute atomic E-state index is 0.0593. The first kappa shape index (κ1) is 22.0. The van der Waals surface area contributed by atoms with Crippen molar-refractivity contribution in [1.82, 2.24) is 15.3 Å². The number of hydrogen-bond donors (Lipinski definition) is 1. The summed E-state index contributed by atoms with van der Waals surface area (Å²) in [6, 6.07) is 23.1. The Balaban J connectivity index is 1.31. The van der Waals surface area contributed by atoms with Crippen LogP contribution in [0.15, 0.2) is 66.7 Å². The quantitative estimate of drug-likeness (QED) is 0.595. The summed E-state index contributed by atoms with van der Waals surface area (Å²) < 4.78 is 0. The van der Waals surface area contributed by atoms with Gasteiger partial charge in [-0.05, 0) is 50.3 Å². The molecule has 166 valence electrons. The Morgan fingerprint density at radius 1 is 0.938 bits per heavy atom. The molecule has 5 heteroatoms. The predicted molar refractivity (Wildman–Crippen MR) is 129 cm³/mol. The summed E-state index contributed by atoms with van der Waals surface area (Å²) >= 11 is 0. The van der Waals surface area contributed by atoms with Crippen LogP contribution in [0.1, 0.15) is 47.7 Å². The minimum Gasteiger partial charge on any atom is -0.356 e. The molecule has 0 atom stereocenters. The standard InChI is InChI=1S/C27H32N4O/c1-20-19-21(2)30-27(29-20)31-17-14-24(15-18-31)26(32)28-16-13-25(22-9-5-3-6-10-22)23-11-7-4-8-12-23/h3-12,19,24-25H,13-18H2,1-2H3,(H,28,32). The van der Waals surface area contributed by atoms with Crippen molar-refractivity contribution < 1.29 is 4.79 Å². The molecule has 0 aliphatic carbocycles. The molecule has 1 fully saturated rings. The van der Waals surface area contributed by atoms with E-state index in [1.165, 1.54) is 11.1 Å². The van der Waals surface area contributed by atoms with E-state index in [1.54, 1.807) is 0 Å². The zero-order valence-corrected chi connectivity index (χ0v) is 19.0. The molecular weight excluding hydrogens is 396 g/mol. The van der Waals surface area contributed by atoms with E-state index >= 15 is 0 Å². The van der Waals surface area contributed by atoms with Crippen LogP contribution in [0.5, 0.6) is 0 Å². The molecule has 1 aromatic heterocycles. The Morgan fingerprint density at radius 3 is 2.00 bits per heavy atom. The van der Waals surface area contributed by atoms with Gasteiger partial charge in [-0.3, -0.25) is 4.79 Å². The minimum atomic E-state index is 0.0593. The number of rotatable bonds is 7. The summed E-state index contributed by atoms with van der Waals surface area (Å²) in [5.74, 6) is 1.30. The van der Waals surface area contributed by atoms with Crippen LogP contribution < -0.4 is 10.2 Å². The van der Waals surface area contributed by atoms with Crippen LogP contribution in [0.3, 0.4) is 0 Å². The highest BCUT2D eigenvalue weighted by Gasteiger charge is 2.26. The molecule has 0 bridgehead atoms. The second-order valence-electron chi connectivity index (χ2n) is 8.67. The number of carbonyl (C=O) groups is 1. The second kappa shape index (κ2) is 10.4. The molecule has 0 saturated carbocycles. The molecule has 1 aliphatic rings. The average Bonchev–Trinajstić information content (AvgIpc) is 2.82. The van der Waals surface area contributed by atoms with Gasteiger partial charge in [-0.1, -0.05) is 60.7 Å². The monoisotopic (exact) mass is 428 g/mol. The maximum Gasteiger partial charge on any atom is 0.225 e. The van der Waals surface area contributed by atoms with Crippen LogP contribution in [0.2, 0.25) is 0 Å². The fraction of sp³-hybridized carbons (Fsp3) is 0.370. The fourth-order valence-electron chi connectivity index (χ4n) is 4.57. The Labute approximate surface area is 190 Å². The van der Waals surface area contributed by atoms with E-state index in [0.717, 1.165) is 49.7 Å². The van der Waals surface area contributed by atoms with Gasteiger partial charge in [-0.2, -0.15) is 0 Å². The van der Waals surface area contributed by atoms with Gasteiger partial charge < -0.3 is 10.2 Å². The van der Waals surface area contributed by atoms with Crippen molar-refractivity contribution in [3.63, 3.8) is 0 Å². The van der Waals surface area contributed by atoms with Gasteiger partial charge in [0.2, 0.25) is 11.9 Å². The van der Waals surface area contributed by atoms with E-state index in [9.17, 15) is 4.79 Å².